The lowest BCUT2D eigenvalue weighted by Gasteiger charge is -2.03. The minimum Gasteiger partial charge on any atom is -0.316 e. The highest BCUT2D eigenvalue weighted by atomic mass is 35.5. The van der Waals surface area contributed by atoms with Crippen molar-refractivity contribution in [3.05, 3.63) is 39.4 Å². The van der Waals surface area contributed by atoms with Gasteiger partial charge in [-0.25, -0.2) is 0 Å². The molecule has 0 heterocycles. The van der Waals surface area contributed by atoms with Gasteiger partial charge in [-0.3, -0.25) is 0 Å². The first-order valence-corrected chi connectivity index (χ1v) is 5.16. The second-order valence-corrected chi connectivity index (χ2v) is 3.95. The summed E-state index contributed by atoms with van der Waals surface area (Å²) < 4.78 is 0. The van der Waals surface area contributed by atoms with Crippen LogP contribution in [0.2, 0.25) is 10.0 Å². The van der Waals surface area contributed by atoms with Gasteiger partial charge in [0.15, 0.2) is 0 Å². The zero-order valence-electron chi connectivity index (χ0n) is 8.27. The van der Waals surface area contributed by atoms with E-state index in [2.05, 4.69) is 5.32 Å². The third-order valence-corrected chi connectivity index (χ3v) is 2.67. The standard InChI is InChI=1S/C11H13Cl2N/c1-8(7-14-2)6-9-4-3-5-10(12)11(9)13/h3-6,14H,7H2,1-2H3/b8-6+. The van der Waals surface area contributed by atoms with Crippen LogP contribution in [0.25, 0.3) is 6.08 Å². The highest BCUT2D eigenvalue weighted by Crippen LogP contribution is 2.26. The molecule has 1 nitrogen and oxygen atoms in total. The van der Waals surface area contributed by atoms with Crippen molar-refractivity contribution in [2.24, 2.45) is 0 Å². The normalized spacial score (nSPS) is 11.9. The summed E-state index contributed by atoms with van der Waals surface area (Å²) in [4.78, 5) is 0. The molecule has 0 atom stereocenters. The van der Waals surface area contributed by atoms with Crippen molar-refractivity contribution in [1.29, 1.82) is 0 Å². The van der Waals surface area contributed by atoms with Crippen LogP contribution in [-0.2, 0) is 0 Å². The van der Waals surface area contributed by atoms with Crippen molar-refractivity contribution in [1.82, 2.24) is 5.32 Å². The fourth-order valence-corrected chi connectivity index (χ4v) is 1.59. The van der Waals surface area contributed by atoms with Crippen LogP contribution in [0.4, 0.5) is 0 Å². The second-order valence-electron chi connectivity index (χ2n) is 3.16. The third kappa shape index (κ3) is 3.02. The van der Waals surface area contributed by atoms with Crippen molar-refractivity contribution >= 4 is 29.3 Å². The fourth-order valence-electron chi connectivity index (χ4n) is 1.23. The van der Waals surface area contributed by atoms with Gasteiger partial charge >= 0.3 is 0 Å². The van der Waals surface area contributed by atoms with E-state index in [0.717, 1.165) is 12.1 Å². The Hall–Kier alpha value is -0.500. The molecule has 0 aromatic heterocycles. The number of hydrogen-bond donors (Lipinski definition) is 1. The topological polar surface area (TPSA) is 12.0 Å². The molecule has 1 aromatic rings. The smallest absolute Gasteiger partial charge is 0.0664 e. The van der Waals surface area contributed by atoms with Crippen LogP contribution in [-0.4, -0.2) is 13.6 Å². The number of nitrogens with one attached hydrogen (secondary N) is 1. The van der Waals surface area contributed by atoms with E-state index in [4.69, 9.17) is 23.2 Å². The van der Waals surface area contributed by atoms with Gasteiger partial charge in [-0.2, -0.15) is 0 Å². The largest absolute Gasteiger partial charge is 0.316 e. The lowest BCUT2D eigenvalue weighted by molar-refractivity contribution is 0.884. The van der Waals surface area contributed by atoms with Gasteiger partial charge in [0.05, 0.1) is 10.0 Å². The van der Waals surface area contributed by atoms with Crippen molar-refractivity contribution in [3.63, 3.8) is 0 Å². The van der Waals surface area contributed by atoms with Gasteiger partial charge in [0.25, 0.3) is 0 Å². The van der Waals surface area contributed by atoms with Crippen LogP contribution in [0.3, 0.4) is 0 Å². The van der Waals surface area contributed by atoms with Gasteiger partial charge in [0.1, 0.15) is 0 Å². The van der Waals surface area contributed by atoms with E-state index >= 15 is 0 Å². The molecular formula is C11H13Cl2N. The highest BCUT2D eigenvalue weighted by Gasteiger charge is 2.01. The first-order valence-electron chi connectivity index (χ1n) is 4.41. The van der Waals surface area contributed by atoms with Gasteiger partial charge in [-0.05, 0) is 25.6 Å². The maximum atomic E-state index is 6.04. The summed E-state index contributed by atoms with van der Waals surface area (Å²) in [6, 6.07) is 5.63. The Bertz CT molecular complexity index is 345. The molecule has 0 aliphatic carbocycles. The van der Waals surface area contributed by atoms with Gasteiger partial charge in [-0.15, -0.1) is 0 Å². The lowest BCUT2D eigenvalue weighted by atomic mass is 10.1. The predicted octanol–water partition coefficient (Wildman–Crippen LogP) is 3.62. The minimum absolute atomic E-state index is 0.595. The summed E-state index contributed by atoms with van der Waals surface area (Å²) >= 11 is 11.9. The molecule has 0 spiro atoms. The summed E-state index contributed by atoms with van der Waals surface area (Å²) in [5.41, 5.74) is 2.18. The van der Waals surface area contributed by atoms with Gasteiger partial charge in [-0.1, -0.05) is 47.0 Å². The van der Waals surface area contributed by atoms with Crippen LogP contribution in [0.15, 0.2) is 23.8 Å². The molecule has 1 rings (SSSR count). The second kappa shape index (κ2) is 5.40. The summed E-state index contributed by atoms with van der Waals surface area (Å²) in [5, 5.41) is 4.29. The molecule has 0 unspecified atom stereocenters. The van der Waals surface area contributed by atoms with Crippen LogP contribution >= 0.6 is 23.2 Å². The average molecular weight is 230 g/mol. The molecule has 0 saturated heterocycles. The van der Waals surface area contributed by atoms with E-state index in [1.54, 1.807) is 6.07 Å². The van der Waals surface area contributed by atoms with Gasteiger partial charge < -0.3 is 5.32 Å². The van der Waals surface area contributed by atoms with Gasteiger partial charge in [0, 0.05) is 6.54 Å². The van der Waals surface area contributed by atoms with Crippen LogP contribution < -0.4 is 5.32 Å². The van der Waals surface area contributed by atoms with E-state index in [1.807, 2.05) is 32.2 Å². The number of hydrogen-bond acceptors (Lipinski definition) is 1. The molecule has 3 heteroatoms. The predicted molar refractivity (Wildman–Crippen MR) is 64.0 cm³/mol. The molecule has 1 N–H and O–H groups in total. The Morgan fingerprint density at radius 1 is 1.43 bits per heavy atom. The Labute approximate surface area is 94.7 Å². The van der Waals surface area contributed by atoms with E-state index in [9.17, 15) is 0 Å². The number of rotatable bonds is 3. The average Bonchev–Trinajstić information content (AvgIpc) is 2.13. The number of benzene rings is 1. The Kier molecular flexibility index (Phi) is 4.46. The molecule has 0 fully saturated rings. The number of likely N-dealkylation sites (N-methyl/N-ethyl adjacent to an activating group) is 1. The van der Waals surface area contributed by atoms with E-state index in [0.29, 0.717) is 10.0 Å². The van der Waals surface area contributed by atoms with Crippen LogP contribution in [0.5, 0.6) is 0 Å². The monoisotopic (exact) mass is 229 g/mol. The molecule has 0 radical (unpaired) electrons. The molecule has 0 aliphatic heterocycles. The van der Waals surface area contributed by atoms with E-state index < -0.39 is 0 Å². The summed E-state index contributed by atoms with van der Waals surface area (Å²) in [6.45, 7) is 2.90. The maximum Gasteiger partial charge on any atom is 0.0664 e. The van der Waals surface area contributed by atoms with Gasteiger partial charge in [0.2, 0.25) is 0 Å². The van der Waals surface area contributed by atoms with Crippen molar-refractivity contribution in [3.8, 4) is 0 Å². The van der Waals surface area contributed by atoms with E-state index in [-0.39, 0.29) is 0 Å². The zero-order chi connectivity index (χ0) is 10.6. The molecule has 1 aromatic carbocycles. The Morgan fingerprint density at radius 3 is 2.79 bits per heavy atom. The summed E-state index contributed by atoms with van der Waals surface area (Å²) in [5.74, 6) is 0. The lowest BCUT2D eigenvalue weighted by Crippen LogP contribution is -2.08. The minimum atomic E-state index is 0.595. The first kappa shape index (κ1) is 11.6. The van der Waals surface area contributed by atoms with Crippen LogP contribution in [0, 0.1) is 0 Å². The van der Waals surface area contributed by atoms with Crippen molar-refractivity contribution in [2.75, 3.05) is 13.6 Å². The zero-order valence-corrected chi connectivity index (χ0v) is 9.78. The number of halogens is 2. The molecule has 0 aliphatic rings. The highest BCUT2D eigenvalue weighted by molar-refractivity contribution is 6.42. The quantitative estimate of drug-likeness (QED) is 0.836. The molecule has 0 bridgehead atoms. The fraction of sp³-hybridized carbons (Fsp3) is 0.273. The molecule has 14 heavy (non-hydrogen) atoms. The van der Waals surface area contributed by atoms with E-state index in [1.165, 1.54) is 5.57 Å². The van der Waals surface area contributed by atoms with Crippen LogP contribution in [0.1, 0.15) is 12.5 Å². The summed E-state index contributed by atoms with van der Waals surface area (Å²) in [6.07, 6.45) is 2.03. The Morgan fingerprint density at radius 2 is 2.14 bits per heavy atom. The van der Waals surface area contributed by atoms with Crippen molar-refractivity contribution in [2.45, 2.75) is 6.92 Å². The first-order chi connectivity index (χ1) is 6.65. The molecule has 0 saturated carbocycles. The maximum absolute atomic E-state index is 6.04. The molecule has 76 valence electrons. The van der Waals surface area contributed by atoms with Crippen molar-refractivity contribution < 1.29 is 0 Å². The summed E-state index contributed by atoms with van der Waals surface area (Å²) in [7, 11) is 1.91. The SMILES string of the molecule is CNC/C(C)=C/c1cccc(Cl)c1Cl. The third-order valence-electron chi connectivity index (χ3n) is 1.84. The molecular weight excluding hydrogens is 217 g/mol. The Balaban J connectivity index is 2.96. The molecule has 0 amide bonds.